The number of hydrogen-bond acceptors (Lipinski definition) is 0. The average molecular weight is 154 g/mol. The lowest BCUT2D eigenvalue weighted by Crippen LogP contribution is -2.13. The zero-order chi connectivity index (χ0) is 9.07. The average Bonchev–Trinajstić information content (AvgIpc) is 1.84. The van der Waals surface area contributed by atoms with Gasteiger partial charge in [0.1, 0.15) is 0 Å². The predicted octanol–water partition coefficient (Wildman–Crippen LogP) is 4.02. The molecule has 0 aliphatic rings. The maximum atomic E-state index is 4.00. The summed E-state index contributed by atoms with van der Waals surface area (Å²) >= 11 is 0. The van der Waals surface area contributed by atoms with E-state index >= 15 is 0 Å². The van der Waals surface area contributed by atoms with Crippen molar-refractivity contribution in [3.8, 4) is 0 Å². The molecule has 11 heavy (non-hydrogen) atoms. The Hall–Kier alpha value is -0.260. The highest BCUT2D eigenvalue weighted by Crippen LogP contribution is 2.31. The van der Waals surface area contributed by atoms with Crippen LogP contribution in [0.25, 0.3) is 0 Å². The summed E-state index contributed by atoms with van der Waals surface area (Å²) in [7, 11) is 0. The first-order valence-electron chi connectivity index (χ1n) is 4.52. The van der Waals surface area contributed by atoms with E-state index in [9.17, 15) is 0 Å². The quantitative estimate of drug-likeness (QED) is 0.536. The summed E-state index contributed by atoms with van der Waals surface area (Å²) in [6.07, 6.45) is 2.57. The van der Waals surface area contributed by atoms with Gasteiger partial charge in [-0.25, -0.2) is 0 Å². The molecule has 0 spiro atoms. The fraction of sp³-hybridized carbons (Fsp3) is 0.818. The Morgan fingerprint density at radius 3 is 2.09 bits per heavy atom. The predicted molar refractivity (Wildman–Crippen MR) is 52.7 cm³/mol. The van der Waals surface area contributed by atoms with Crippen LogP contribution < -0.4 is 0 Å². The van der Waals surface area contributed by atoms with Crippen molar-refractivity contribution in [2.45, 2.75) is 47.5 Å². The number of allylic oxidation sites excluding steroid dienone is 1. The Morgan fingerprint density at radius 1 is 1.36 bits per heavy atom. The minimum atomic E-state index is 0.338. The second-order valence-electron chi connectivity index (χ2n) is 4.60. The van der Waals surface area contributed by atoms with E-state index in [0.717, 1.165) is 5.92 Å². The van der Waals surface area contributed by atoms with Gasteiger partial charge in [0, 0.05) is 0 Å². The molecule has 66 valence electrons. The van der Waals surface area contributed by atoms with Crippen LogP contribution in [-0.2, 0) is 0 Å². The van der Waals surface area contributed by atoms with Crippen molar-refractivity contribution >= 4 is 0 Å². The summed E-state index contributed by atoms with van der Waals surface area (Å²) in [5.41, 5.74) is 1.64. The third kappa shape index (κ3) is 4.23. The van der Waals surface area contributed by atoms with Crippen LogP contribution in [0.2, 0.25) is 0 Å². The van der Waals surface area contributed by atoms with Crippen molar-refractivity contribution in [1.82, 2.24) is 0 Å². The second kappa shape index (κ2) is 3.94. The Kier molecular flexibility index (Phi) is 3.85. The molecule has 0 aromatic rings. The molecule has 0 aliphatic heterocycles. The lowest BCUT2D eigenvalue weighted by Gasteiger charge is -2.25. The van der Waals surface area contributed by atoms with E-state index in [-0.39, 0.29) is 0 Å². The van der Waals surface area contributed by atoms with Gasteiger partial charge in [-0.2, -0.15) is 0 Å². The van der Waals surface area contributed by atoms with Crippen LogP contribution in [0.15, 0.2) is 12.2 Å². The summed E-state index contributed by atoms with van der Waals surface area (Å²) in [5.74, 6) is 0.814. The minimum Gasteiger partial charge on any atom is -0.0996 e. The van der Waals surface area contributed by atoms with Crippen LogP contribution in [0.4, 0.5) is 0 Å². The first-order valence-corrected chi connectivity index (χ1v) is 4.52. The van der Waals surface area contributed by atoms with Gasteiger partial charge in [0.15, 0.2) is 0 Å². The highest BCUT2D eigenvalue weighted by molar-refractivity contribution is 5.02. The molecule has 0 heterocycles. The molecular weight excluding hydrogens is 132 g/mol. The number of rotatable bonds is 4. The number of hydrogen-bond donors (Lipinski definition) is 0. The van der Waals surface area contributed by atoms with Crippen molar-refractivity contribution in [3.05, 3.63) is 12.2 Å². The standard InChI is InChI=1S/C11H22/c1-9(2)7-8-11(5,6)10(3)4/h9H,3,7-8H2,1-2,4-6H3. The summed E-state index contributed by atoms with van der Waals surface area (Å²) < 4.78 is 0. The molecular formula is C11H22. The van der Waals surface area contributed by atoms with Gasteiger partial charge < -0.3 is 0 Å². The molecule has 0 aromatic carbocycles. The van der Waals surface area contributed by atoms with E-state index in [1.165, 1.54) is 18.4 Å². The molecule has 0 saturated heterocycles. The van der Waals surface area contributed by atoms with Gasteiger partial charge in [-0.05, 0) is 24.7 Å². The van der Waals surface area contributed by atoms with Crippen LogP contribution in [0.1, 0.15) is 47.5 Å². The molecule has 0 atom stereocenters. The fourth-order valence-electron chi connectivity index (χ4n) is 0.863. The van der Waals surface area contributed by atoms with Gasteiger partial charge in [-0.1, -0.05) is 46.3 Å². The molecule has 0 aliphatic carbocycles. The molecule has 0 radical (unpaired) electrons. The Morgan fingerprint density at radius 2 is 1.82 bits per heavy atom. The molecule has 0 saturated carbocycles. The zero-order valence-electron chi connectivity index (χ0n) is 8.70. The molecule has 0 bridgehead atoms. The van der Waals surface area contributed by atoms with Crippen LogP contribution >= 0.6 is 0 Å². The maximum absolute atomic E-state index is 4.00. The van der Waals surface area contributed by atoms with Crippen molar-refractivity contribution in [3.63, 3.8) is 0 Å². The lowest BCUT2D eigenvalue weighted by atomic mass is 9.80. The van der Waals surface area contributed by atoms with E-state index < -0.39 is 0 Å². The van der Waals surface area contributed by atoms with Crippen LogP contribution in [0, 0.1) is 11.3 Å². The van der Waals surface area contributed by atoms with E-state index in [4.69, 9.17) is 0 Å². The van der Waals surface area contributed by atoms with Crippen LogP contribution in [-0.4, -0.2) is 0 Å². The van der Waals surface area contributed by atoms with Gasteiger partial charge in [-0.3, -0.25) is 0 Å². The molecule has 0 heteroatoms. The Labute approximate surface area is 71.7 Å². The van der Waals surface area contributed by atoms with Crippen molar-refractivity contribution in [2.75, 3.05) is 0 Å². The molecule has 0 N–H and O–H groups in total. The SMILES string of the molecule is C=C(C)C(C)(C)CCC(C)C. The van der Waals surface area contributed by atoms with Crippen molar-refractivity contribution < 1.29 is 0 Å². The molecule has 0 unspecified atom stereocenters. The first kappa shape index (κ1) is 10.7. The van der Waals surface area contributed by atoms with Gasteiger partial charge >= 0.3 is 0 Å². The van der Waals surface area contributed by atoms with Crippen molar-refractivity contribution in [1.29, 1.82) is 0 Å². The van der Waals surface area contributed by atoms with Gasteiger partial charge in [0.05, 0.1) is 0 Å². The zero-order valence-corrected chi connectivity index (χ0v) is 8.70. The van der Waals surface area contributed by atoms with Crippen LogP contribution in [0.5, 0.6) is 0 Å². The fourth-order valence-corrected chi connectivity index (χ4v) is 0.863. The largest absolute Gasteiger partial charge is 0.0996 e. The summed E-state index contributed by atoms with van der Waals surface area (Å²) in [6, 6.07) is 0. The second-order valence-corrected chi connectivity index (χ2v) is 4.60. The monoisotopic (exact) mass is 154 g/mol. The van der Waals surface area contributed by atoms with Crippen molar-refractivity contribution in [2.24, 2.45) is 11.3 Å². The van der Waals surface area contributed by atoms with Crippen LogP contribution in [0.3, 0.4) is 0 Å². The molecule has 0 fully saturated rings. The summed E-state index contributed by atoms with van der Waals surface area (Å²) in [4.78, 5) is 0. The van der Waals surface area contributed by atoms with Gasteiger partial charge in [-0.15, -0.1) is 0 Å². The highest BCUT2D eigenvalue weighted by Gasteiger charge is 2.18. The summed E-state index contributed by atoms with van der Waals surface area (Å²) in [5, 5.41) is 0. The third-order valence-corrected chi connectivity index (χ3v) is 2.50. The topological polar surface area (TPSA) is 0 Å². The normalized spacial score (nSPS) is 12.2. The smallest absolute Gasteiger partial charge is 0.0150 e. The third-order valence-electron chi connectivity index (χ3n) is 2.50. The Balaban J connectivity index is 3.83. The van der Waals surface area contributed by atoms with E-state index in [2.05, 4.69) is 41.2 Å². The van der Waals surface area contributed by atoms with E-state index in [1.807, 2.05) is 0 Å². The Bertz CT molecular complexity index is 129. The lowest BCUT2D eigenvalue weighted by molar-refractivity contribution is 0.363. The molecule has 0 rings (SSSR count). The molecule has 0 nitrogen and oxygen atoms in total. The van der Waals surface area contributed by atoms with Gasteiger partial charge in [0.25, 0.3) is 0 Å². The highest BCUT2D eigenvalue weighted by atomic mass is 14.2. The van der Waals surface area contributed by atoms with Gasteiger partial charge in [0.2, 0.25) is 0 Å². The first-order chi connectivity index (χ1) is 4.86. The minimum absolute atomic E-state index is 0.338. The molecule has 0 amide bonds. The van der Waals surface area contributed by atoms with E-state index in [0.29, 0.717) is 5.41 Å². The maximum Gasteiger partial charge on any atom is -0.0150 e. The molecule has 0 aromatic heterocycles. The van der Waals surface area contributed by atoms with E-state index in [1.54, 1.807) is 0 Å². The summed E-state index contributed by atoms with van der Waals surface area (Å²) in [6.45, 7) is 15.2.